The van der Waals surface area contributed by atoms with E-state index in [1.807, 2.05) is 42.1 Å². The minimum atomic E-state index is -0.287. The van der Waals surface area contributed by atoms with Crippen LogP contribution in [0.1, 0.15) is 31.9 Å². The minimum absolute atomic E-state index is 0.274. The van der Waals surface area contributed by atoms with Crippen LogP contribution in [0.15, 0.2) is 45.9 Å². The fourth-order valence-electron chi connectivity index (χ4n) is 2.85. The molecule has 6 nitrogen and oxygen atoms in total. The maximum atomic E-state index is 11.9. The second kappa shape index (κ2) is 7.05. The van der Waals surface area contributed by atoms with Crippen LogP contribution in [-0.2, 0) is 6.54 Å². The van der Waals surface area contributed by atoms with E-state index in [1.165, 1.54) is 5.56 Å². The molecule has 2 atom stereocenters. The van der Waals surface area contributed by atoms with Crippen molar-refractivity contribution in [3.05, 3.63) is 52.8 Å². The van der Waals surface area contributed by atoms with Gasteiger partial charge in [-0.2, -0.15) is 5.10 Å². The summed E-state index contributed by atoms with van der Waals surface area (Å²) in [6.45, 7) is 7.82. The second-order valence-corrected chi connectivity index (χ2v) is 6.32. The summed E-state index contributed by atoms with van der Waals surface area (Å²) in [6, 6.07) is 8.09. The standard InChI is InChI=1S/C18H24N4O2/c1-13-11-20-22(12-13)15(3)14(2)19-9-6-10-21-16-7-4-5-8-17(16)24-18(21)23/h4-5,7-8,11-12,14-15,19H,6,9-10H2,1-3H3/t14-,15-/m1/s1. The molecule has 3 aromatic rings. The fourth-order valence-corrected chi connectivity index (χ4v) is 2.85. The van der Waals surface area contributed by atoms with E-state index >= 15 is 0 Å². The van der Waals surface area contributed by atoms with Gasteiger partial charge in [-0.1, -0.05) is 12.1 Å². The minimum Gasteiger partial charge on any atom is -0.408 e. The van der Waals surface area contributed by atoms with Gasteiger partial charge >= 0.3 is 5.76 Å². The van der Waals surface area contributed by atoms with E-state index in [1.54, 1.807) is 4.57 Å². The molecule has 0 spiro atoms. The van der Waals surface area contributed by atoms with Crippen molar-refractivity contribution in [1.29, 1.82) is 0 Å². The van der Waals surface area contributed by atoms with Gasteiger partial charge in [0.15, 0.2) is 5.58 Å². The Hall–Kier alpha value is -2.34. The molecule has 0 fully saturated rings. The topological polar surface area (TPSA) is 65.0 Å². The Balaban J connectivity index is 1.53. The molecular weight excluding hydrogens is 304 g/mol. The van der Waals surface area contributed by atoms with Gasteiger partial charge in [0.05, 0.1) is 17.8 Å². The number of aromatic nitrogens is 3. The number of nitrogens with zero attached hydrogens (tertiary/aromatic N) is 3. The molecule has 0 aliphatic carbocycles. The Bertz CT molecular complexity index is 861. The molecule has 0 aliphatic heterocycles. The fraction of sp³-hybridized carbons (Fsp3) is 0.444. The van der Waals surface area contributed by atoms with Gasteiger partial charge in [-0.15, -0.1) is 0 Å². The van der Waals surface area contributed by atoms with Crippen LogP contribution in [0.2, 0.25) is 0 Å². The number of fused-ring (bicyclic) bond motifs is 1. The molecular formula is C18H24N4O2. The molecule has 0 radical (unpaired) electrons. The lowest BCUT2D eigenvalue weighted by molar-refractivity contribution is 0.361. The molecule has 3 rings (SSSR count). The molecule has 0 unspecified atom stereocenters. The van der Waals surface area contributed by atoms with Crippen LogP contribution in [0.4, 0.5) is 0 Å². The average molecular weight is 328 g/mol. The van der Waals surface area contributed by atoms with Crippen molar-refractivity contribution in [3.63, 3.8) is 0 Å². The Kier molecular flexibility index (Phi) is 4.85. The molecule has 1 aromatic carbocycles. The van der Waals surface area contributed by atoms with Crippen molar-refractivity contribution < 1.29 is 4.42 Å². The first kappa shape index (κ1) is 16.5. The number of benzene rings is 1. The summed E-state index contributed by atoms with van der Waals surface area (Å²) in [6.07, 6.45) is 4.79. The van der Waals surface area contributed by atoms with Crippen molar-refractivity contribution in [3.8, 4) is 0 Å². The first-order chi connectivity index (χ1) is 11.6. The summed E-state index contributed by atoms with van der Waals surface area (Å²) < 4.78 is 8.93. The molecule has 24 heavy (non-hydrogen) atoms. The van der Waals surface area contributed by atoms with Crippen molar-refractivity contribution >= 4 is 11.1 Å². The van der Waals surface area contributed by atoms with Crippen LogP contribution in [0.3, 0.4) is 0 Å². The monoisotopic (exact) mass is 328 g/mol. The third-order valence-electron chi connectivity index (χ3n) is 4.47. The predicted octanol–water partition coefficient (Wildman–Crippen LogP) is 2.73. The zero-order valence-corrected chi connectivity index (χ0v) is 14.4. The number of nitrogens with one attached hydrogen (secondary N) is 1. The first-order valence-electron chi connectivity index (χ1n) is 8.39. The van der Waals surface area contributed by atoms with Gasteiger partial charge < -0.3 is 9.73 Å². The van der Waals surface area contributed by atoms with E-state index in [-0.39, 0.29) is 11.8 Å². The summed E-state index contributed by atoms with van der Waals surface area (Å²) >= 11 is 0. The molecule has 0 saturated carbocycles. The Labute approximate surface area is 141 Å². The van der Waals surface area contributed by atoms with Gasteiger partial charge in [-0.05, 0) is 51.4 Å². The number of aryl methyl sites for hydroxylation is 2. The highest BCUT2D eigenvalue weighted by Gasteiger charge is 2.14. The van der Waals surface area contributed by atoms with Gasteiger partial charge in [0.1, 0.15) is 0 Å². The molecule has 0 bridgehead atoms. The third kappa shape index (κ3) is 3.43. The first-order valence-corrected chi connectivity index (χ1v) is 8.39. The lowest BCUT2D eigenvalue weighted by Crippen LogP contribution is -2.35. The summed E-state index contributed by atoms with van der Waals surface area (Å²) in [5, 5.41) is 7.88. The van der Waals surface area contributed by atoms with E-state index in [4.69, 9.17) is 4.42 Å². The summed E-state index contributed by atoms with van der Waals surface area (Å²) in [5.74, 6) is -0.287. The molecule has 1 N–H and O–H groups in total. The SMILES string of the molecule is Cc1cnn([C@H](C)[C@@H](C)NCCCn2c(=O)oc3ccccc32)c1. The Morgan fingerprint density at radius 1 is 1.29 bits per heavy atom. The number of oxazole rings is 1. The lowest BCUT2D eigenvalue weighted by atomic mass is 10.1. The Morgan fingerprint density at radius 2 is 2.08 bits per heavy atom. The van der Waals surface area contributed by atoms with Gasteiger partial charge in [0.2, 0.25) is 0 Å². The number of para-hydroxylation sites is 2. The third-order valence-corrected chi connectivity index (χ3v) is 4.47. The zero-order valence-electron chi connectivity index (χ0n) is 14.4. The summed E-state index contributed by atoms with van der Waals surface area (Å²) in [5.41, 5.74) is 2.67. The quantitative estimate of drug-likeness (QED) is 0.677. The van der Waals surface area contributed by atoms with Crippen LogP contribution < -0.4 is 11.1 Å². The van der Waals surface area contributed by atoms with Gasteiger partial charge in [0, 0.05) is 18.8 Å². The predicted molar refractivity (Wildman–Crippen MR) is 94.2 cm³/mol. The van der Waals surface area contributed by atoms with Crippen molar-refractivity contribution in [2.75, 3.05) is 6.54 Å². The Morgan fingerprint density at radius 3 is 2.83 bits per heavy atom. The van der Waals surface area contributed by atoms with Gasteiger partial charge in [-0.3, -0.25) is 9.25 Å². The molecule has 0 aliphatic rings. The molecule has 6 heteroatoms. The van der Waals surface area contributed by atoms with E-state index < -0.39 is 0 Å². The highest BCUT2D eigenvalue weighted by molar-refractivity contribution is 5.72. The van der Waals surface area contributed by atoms with Crippen LogP contribution >= 0.6 is 0 Å². The largest absolute Gasteiger partial charge is 0.419 e. The molecule has 0 saturated heterocycles. The van der Waals surface area contributed by atoms with E-state index in [9.17, 15) is 4.79 Å². The molecule has 2 heterocycles. The van der Waals surface area contributed by atoms with E-state index in [0.29, 0.717) is 18.2 Å². The maximum Gasteiger partial charge on any atom is 0.419 e. The van der Waals surface area contributed by atoms with Crippen molar-refractivity contribution in [1.82, 2.24) is 19.7 Å². The number of hydrogen-bond acceptors (Lipinski definition) is 4. The zero-order chi connectivity index (χ0) is 17.1. The molecule has 0 amide bonds. The average Bonchev–Trinajstić information content (AvgIpc) is 3.14. The molecule has 2 aromatic heterocycles. The van der Waals surface area contributed by atoms with E-state index in [2.05, 4.69) is 30.5 Å². The number of rotatable bonds is 7. The highest BCUT2D eigenvalue weighted by Crippen LogP contribution is 2.13. The van der Waals surface area contributed by atoms with Crippen LogP contribution in [0.25, 0.3) is 11.1 Å². The van der Waals surface area contributed by atoms with Gasteiger partial charge in [0.25, 0.3) is 0 Å². The highest BCUT2D eigenvalue weighted by atomic mass is 16.4. The van der Waals surface area contributed by atoms with Crippen molar-refractivity contribution in [2.45, 2.75) is 45.8 Å². The second-order valence-electron chi connectivity index (χ2n) is 6.32. The summed E-state index contributed by atoms with van der Waals surface area (Å²) in [7, 11) is 0. The van der Waals surface area contributed by atoms with E-state index in [0.717, 1.165) is 18.5 Å². The number of hydrogen-bond donors (Lipinski definition) is 1. The summed E-state index contributed by atoms with van der Waals surface area (Å²) in [4.78, 5) is 11.9. The lowest BCUT2D eigenvalue weighted by Gasteiger charge is -2.21. The van der Waals surface area contributed by atoms with Crippen molar-refractivity contribution in [2.24, 2.45) is 0 Å². The molecule has 128 valence electrons. The van der Waals surface area contributed by atoms with Crippen LogP contribution in [-0.4, -0.2) is 26.9 Å². The smallest absolute Gasteiger partial charge is 0.408 e. The normalized spacial score (nSPS) is 14.1. The maximum absolute atomic E-state index is 11.9. The van der Waals surface area contributed by atoms with Crippen LogP contribution in [0.5, 0.6) is 0 Å². The van der Waals surface area contributed by atoms with Crippen LogP contribution in [0, 0.1) is 6.92 Å². The van der Waals surface area contributed by atoms with Gasteiger partial charge in [-0.25, -0.2) is 4.79 Å².